The first kappa shape index (κ1) is 23.3. The minimum absolute atomic E-state index is 0.0765. The molecule has 8 nitrogen and oxygen atoms in total. The highest BCUT2D eigenvalue weighted by atomic mass is 19.4. The summed E-state index contributed by atoms with van der Waals surface area (Å²) in [4.78, 5) is 34.6. The molecule has 2 amide bonds. The fourth-order valence-electron chi connectivity index (χ4n) is 3.09. The Bertz CT molecular complexity index is 968. The van der Waals surface area contributed by atoms with Crippen LogP contribution >= 0.6 is 0 Å². The van der Waals surface area contributed by atoms with Crippen molar-refractivity contribution in [2.75, 3.05) is 29.9 Å². The van der Waals surface area contributed by atoms with Crippen molar-refractivity contribution in [3.05, 3.63) is 42.2 Å². The van der Waals surface area contributed by atoms with Crippen LogP contribution in [0.1, 0.15) is 30.6 Å². The van der Waals surface area contributed by atoms with Gasteiger partial charge in [0.1, 0.15) is 17.4 Å². The van der Waals surface area contributed by atoms with E-state index in [-0.39, 0.29) is 29.5 Å². The molecular weight excluding hydrogens is 427 g/mol. The first-order valence-electron chi connectivity index (χ1n) is 10.1. The molecule has 2 N–H and O–H groups in total. The molecule has 1 saturated heterocycles. The topological polar surface area (TPSA) is 96.5 Å². The van der Waals surface area contributed by atoms with Gasteiger partial charge in [0, 0.05) is 49.1 Å². The van der Waals surface area contributed by atoms with Gasteiger partial charge in [0.2, 0.25) is 5.91 Å². The second-order valence-electron chi connectivity index (χ2n) is 7.73. The smallest absolute Gasteiger partial charge is 0.422 e. The monoisotopic (exact) mass is 451 g/mol. The maximum absolute atomic E-state index is 12.6. The van der Waals surface area contributed by atoms with Crippen LogP contribution in [0.3, 0.4) is 0 Å². The van der Waals surface area contributed by atoms with Crippen LogP contribution in [0.15, 0.2) is 36.7 Å². The number of aromatic nitrogens is 2. The van der Waals surface area contributed by atoms with E-state index in [4.69, 9.17) is 4.74 Å². The number of halogens is 3. The van der Waals surface area contributed by atoms with Crippen LogP contribution in [0.25, 0.3) is 0 Å². The van der Waals surface area contributed by atoms with Crippen molar-refractivity contribution in [1.29, 1.82) is 0 Å². The third-order valence-corrected chi connectivity index (χ3v) is 4.76. The average molecular weight is 451 g/mol. The summed E-state index contributed by atoms with van der Waals surface area (Å²) < 4.78 is 41.9. The Hall–Kier alpha value is -3.37. The van der Waals surface area contributed by atoms with E-state index in [0.717, 1.165) is 0 Å². The largest absolute Gasteiger partial charge is 0.484 e. The van der Waals surface area contributed by atoms with Crippen LogP contribution in [0, 0.1) is 5.92 Å². The normalized spacial score (nSPS) is 16.2. The standard InChI is InChI=1S/C21H24F3N5O3/c1-13(2)19(30)28-17-9-14(3-6-25-17)20(31)27-15-5-8-29(11-15)18-10-16(4-7-26-18)32-12-21(22,23)24/h3-4,6-7,9-10,13,15H,5,8,11-12H2,1-2H3,(H,27,31)(H,25,28,30). The second kappa shape index (κ2) is 9.84. The van der Waals surface area contributed by atoms with Gasteiger partial charge in [-0.05, 0) is 24.6 Å². The summed E-state index contributed by atoms with van der Waals surface area (Å²) >= 11 is 0. The van der Waals surface area contributed by atoms with Crippen LogP contribution in [0.4, 0.5) is 24.8 Å². The zero-order chi connectivity index (χ0) is 23.3. The zero-order valence-corrected chi connectivity index (χ0v) is 17.6. The predicted molar refractivity (Wildman–Crippen MR) is 112 cm³/mol. The van der Waals surface area contributed by atoms with Crippen LogP contribution < -0.4 is 20.3 Å². The van der Waals surface area contributed by atoms with Gasteiger partial charge in [-0.15, -0.1) is 0 Å². The van der Waals surface area contributed by atoms with Crippen molar-refractivity contribution in [1.82, 2.24) is 15.3 Å². The van der Waals surface area contributed by atoms with Gasteiger partial charge in [0.25, 0.3) is 5.91 Å². The highest BCUT2D eigenvalue weighted by Gasteiger charge is 2.29. The fraction of sp³-hybridized carbons (Fsp3) is 0.429. The quantitative estimate of drug-likeness (QED) is 0.672. The lowest BCUT2D eigenvalue weighted by Crippen LogP contribution is -2.37. The Kier molecular flexibility index (Phi) is 7.16. The van der Waals surface area contributed by atoms with Gasteiger partial charge in [-0.2, -0.15) is 13.2 Å². The molecular formula is C21H24F3N5O3. The molecule has 11 heteroatoms. The highest BCUT2D eigenvalue weighted by Crippen LogP contribution is 2.24. The summed E-state index contributed by atoms with van der Waals surface area (Å²) in [7, 11) is 0. The number of hydrogen-bond donors (Lipinski definition) is 2. The van der Waals surface area contributed by atoms with Gasteiger partial charge >= 0.3 is 6.18 Å². The van der Waals surface area contributed by atoms with Gasteiger partial charge < -0.3 is 20.3 Å². The van der Waals surface area contributed by atoms with E-state index in [1.54, 1.807) is 19.9 Å². The van der Waals surface area contributed by atoms with Crippen molar-refractivity contribution >= 4 is 23.5 Å². The van der Waals surface area contributed by atoms with E-state index in [0.29, 0.717) is 36.7 Å². The predicted octanol–water partition coefficient (Wildman–Crippen LogP) is 3.02. The molecule has 1 aliphatic heterocycles. The summed E-state index contributed by atoms with van der Waals surface area (Å²) in [5.74, 6) is 0.121. The number of carbonyl (C=O) groups is 2. The molecule has 0 spiro atoms. The van der Waals surface area contributed by atoms with E-state index in [9.17, 15) is 22.8 Å². The minimum atomic E-state index is -4.42. The lowest BCUT2D eigenvalue weighted by atomic mass is 10.2. The molecule has 1 unspecified atom stereocenters. The van der Waals surface area contributed by atoms with Gasteiger partial charge in [-0.25, -0.2) is 9.97 Å². The van der Waals surface area contributed by atoms with Crippen LogP contribution in [-0.2, 0) is 4.79 Å². The Labute approximate surface area is 183 Å². The summed E-state index contributed by atoms with van der Waals surface area (Å²) in [5, 5.41) is 5.58. The lowest BCUT2D eigenvalue weighted by molar-refractivity contribution is -0.153. The van der Waals surface area contributed by atoms with Gasteiger partial charge in [-0.3, -0.25) is 9.59 Å². The third kappa shape index (κ3) is 6.56. The van der Waals surface area contributed by atoms with E-state index < -0.39 is 12.8 Å². The summed E-state index contributed by atoms with van der Waals surface area (Å²) in [5.41, 5.74) is 0.359. The van der Waals surface area contributed by atoms with E-state index >= 15 is 0 Å². The molecule has 0 saturated carbocycles. The third-order valence-electron chi connectivity index (χ3n) is 4.76. The SMILES string of the molecule is CC(C)C(=O)Nc1cc(C(=O)NC2CCN(c3cc(OCC(F)(F)F)ccn3)C2)ccn1. The number of pyridine rings is 2. The Morgan fingerprint density at radius 3 is 2.69 bits per heavy atom. The van der Waals surface area contributed by atoms with Gasteiger partial charge in [0.15, 0.2) is 6.61 Å². The number of ether oxygens (including phenoxy) is 1. The molecule has 2 aromatic rings. The van der Waals surface area contributed by atoms with Crippen molar-refractivity contribution in [2.45, 2.75) is 32.5 Å². The number of amides is 2. The first-order chi connectivity index (χ1) is 15.1. The lowest BCUT2D eigenvalue weighted by Gasteiger charge is -2.19. The molecule has 0 radical (unpaired) electrons. The Balaban J connectivity index is 1.57. The van der Waals surface area contributed by atoms with Crippen molar-refractivity contribution in [2.24, 2.45) is 5.92 Å². The number of hydrogen-bond acceptors (Lipinski definition) is 6. The van der Waals surface area contributed by atoms with E-state index in [1.165, 1.54) is 30.6 Å². The number of nitrogens with zero attached hydrogens (tertiary/aromatic N) is 3. The number of nitrogens with one attached hydrogen (secondary N) is 2. The van der Waals surface area contributed by atoms with E-state index in [2.05, 4.69) is 20.6 Å². The maximum Gasteiger partial charge on any atom is 0.422 e. The van der Waals surface area contributed by atoms with Crippen molar-refractivity contribution in [3.63, 3.8) is 0 Å². The molecule has 0 aliphatic carbocycles. The number of alkyl halides is 3. The van der Waals surface area contributed by atoms with Crippen LogP contribution in [0.5, 0.6) is 5.75 Å². The Morgan fingerprint density at radius 1 is 1.22 bits per heavy atom. The van der Waals surface area contributed by atoms with Crippen LogP contribution in [-0.4, -0.2) is 53.7 Å². The summed E-state index contributed by atoms with van der Waals surface area (Å²) in [6.07, 6.45) is -0.945. The Morgan fingerprint density at radius 2 is 1.97 bits per heavy atom. The number of anilines is 2. The molecule has 3 rings (SSSR count). The van der Waals surface area contributed by atoms with E-state index in [1.807, 2.05) is 4.90 Å². The van der Waals surface area contributed by atoms with Gasteiger partial charge in [0.05, 0.1) is 0 Å². The maximum atomic E-state index is 12.6. The zero-order valence-electron chi connectivity index (χ0n) is 17.6. The summed E-state index contributed by atoms with van der Waals surface area (Å²) in [6.45, 7) is 3.16. The highest BCUT2D eigenvalue weighted by molar-refractivity contribution is 5.97. The molecule has 1 fully saturated rings. The molecule has 3 heterocycles. The van der Waals surface area contributed by atoms with Crippen molar-refractivity contribution in [3.8, 4) is 5.75 Å². The number of carbonyl (C=O) groups excluding carboxylic acids is 2. The second-order valence-corrected chi connectivity index (χ2v) is 7.73. The molecule has 0 aromatic carbocycles. The molecule has 2 aromatic heterocycles. The molecule has 0 bridgehead atoms. The summed E-state index contributed by atoms with van der Waals surface area (Å²) in [6, 6.07) is 5.69. The molecule has 1 aliphatic rings. The number of rotatable bonds is 7. The first-order valence-corrected chi connectivity index (χ1v) is 10.1. The molecule has 172 valence electrons. The average Bonchev–Trinajstić information content (AvgIpc) is 3.20. The minimum Gasteiger partial charge on any atom is -0.484 e. The van der Waals surface area contributed by atoms with Gasteiger partial charge in [-0.1, -0.05) is 13.8 Å². The van der Waals surface area contributed by atoms with Crippen LogP contribution in [0.2, 0.25) is 0 Å². The van der Waals surface area contributed by atoms with Crippen molar-refractivity contribution < 1.29 is 27.5 Å². The molecule has 1 atom stereocenters. The fourth-order valence-corrected chi connectivity index (χ4v) is 3.09. The molecule has 32 heavy (non-hydrogen) atoms.